The molecule has 0 saturated carbocycles. The fourth-order valence-corrected chi connectivity index (χ4v) is 2.05. The summed E-state index contributed by atoms with van der Waals surface area (Å²) in [5.41, 5.74) is 0. The number of rotatable bonds is 5. The van der Waals surface area contributed by atoms with Crippen molar-refractivity contribution in [3.63, 3.8) is 0 Å². The summed E-state index contributed by atoms with van der Waals surface area (Å²) in [5.74, 6) is 0.868. The van der Waals surface area contributed by atoms with Crippen LogP contribution >= 0.6 is 0 Å². The highest BCUT2D eigenvalue weighted by Crippen LogP contribution is 2.07. The SMILES string of the molecule is CCN1CCN(CCCC(C)C)CC1. The van der Waals surface area contributed by atoms with Gasteiger partial charge in [0.1, 0.15) is 0 Å². The Morgan fingerprint density at radius 1 is 1.00 bits per heavy atom. The molecule has 0 radical (unpaired) electrons. The van der Waals surface area contributed by atoms with Crippen molar-refractivity contribution >= 4 is 0 Å². The first-order chi connectivity index (χ1) is 6.72. The van der Waals surface area contributed by atoms with Crippen LogP contribution in [0, 0.1) is 5.92 Å². The minimum absolute atomic E-state index is 0.868. The molecule has 0 aromatic rings. The highest BCUT2D eigenvalue weighted by Gasteiger charge is 2.14. The van der Waals surface area contributed by atoms with Crippen molar-refractivity contribution in [2.75, 3.05) is 39.3 Å². The molecule has 2 heteroatoms. The van der Waals surface area contributed by atoms with Crippen LogP contribution in [0.15, 0.2) is 0 Å². The minimum Gasteiger partial charge on any atom is -0.301 e. The Balaban J connectivity index is 2.04. The van der Waals surface area contributed by atoms with E-state index in [-0.39, 0.29) is 0 Å². The third kappa shape index (κ3) is 4.43. The molecule has 1 heterocycles. The molecule has 1 aliphatic rings. The van der Waals surface area contributed by atoms with Crippen molar-refractivity contribution in [2.45, 2.75) is 33.6 Å². The van der Waals surface area contributed by atoms with E-state index in [1.165, 1.54) is 52.1 Å². The predicted octanol–water partition coefficient (Wildman–Crippen LogP) is 2.06. The number of likely N-dealkylation sites (N-methyl/N-ethyl adjacent to an activating group) is 1. The largest absolute Gasteiger partial charge is 0.301 e. The number of nitrogens with zero attached hydrogens (tertiary/aromatic N) is 2. The molecule has 0 unspecified atom stereocenters. The van der Waals surface area contributed by atoms with Gasteiger partial charge >= 0.3 is 0 Å². The maximum atomic E-state index is 2.62. The summed E-state index contributed by atoms with van der Waals surface area (Å²) in [4.78, 5) is 5.16. The highest BCUT2D eigenvalue weighted by molar-refractivity contribution is 4.70. The summed E-state index contributed by atoms with van der Waals surface area (Å²) in [6.07, 6.45) is 2.76. The average Bonchev–Trinajstić information content (AvgIpc) is 2.18. The molecule has 1 rings (SSSR count). The molecule has 1 saturated heterocycles. The molecule has 14 heavy (non-hydrogen) atoms. The number of hydrogen-bond acceptors (Lipinski definition) is 2. The second kappa shape index (κ2) is 6.41. The van der Waals surface area contributed by atoms with Crippen LogP contribution in [0.3, 0.4) is 0 Å². The van der Waals surface area contributed by atoms with E-state index in [9.17, 15) is 0 Å². The fourth-order valence-electron chi connectivity index (χ4n) is 2.05. The first-order valence-electron chi connectivity index (χ1n) is 6.17. The van der Waals surface area contributed by atoms with E-state index in [2.05, 4.69) is 30.6 Å². The molecule has 0 aromatic heterocycles. The molecule has 0 aromatic carbocycles. The van der Waals surface area contributed by atoms with E-state index in [0.29, 0.717) is 0 Å². The summed E-state index contributed by atoms with van der Waals surface area (Å²) in [6.45, 7) is 14.5. The Hall–Kier alpha value is -0.0800. The monoisotopic (exact) mass is 198 g/mol. The zero-order valence-corrected chi connectivity index (χ0v) is 10.1. The normalized spacial score (nSPS) is 20.6. The van der Waals surface area contributed by atoms with Crippen molar-refractivity contribution in [3.8, 4) is 0 Å². The zero-order chi connectivity index (χ0) is 10.4. The van der Waals surface area contributed by atoms with Gasteiger partial charge in [0.15, 0.2) is 0 Å². The van der Waals surface area contributed by atoms with Crippen LogP contribution in [-0.4, -0.2) is 49.1 Å². The van der Waals surface area contributed by atoms with Gasteiger partial charge in [0, 0.05) is 26.2 Å². The van der Waals surface area contributed by atoms with Crippen molar-refractivity contribution in [1.82, 2.24) is 9.80 Å². The van der Waals surface area contributed by atoms with E-state index in [4.69, 9.17) is 0 Å². The summed E-state index contributed by atoms with van der Waals surface area (Å²) in [6, 6.07) is 0. The van der Waals surface area contributed by atoms with Gasteiger partial charge in [0.25, 0.3) is 0 Å². The quantitative estimate of drug-likeness (QED) is 0.667. The molecular weight excluding hydrogens is 172 g/mol. The molecule has 0 bridgehead atoms. The van der Waals surface area contributed by atoms with E-state index < -0.39 is 0 Å². The third-order valence-corrected chi connectivity index (χ3v) is 3.17. The second-order valence-electron chi connectivity index (χ2n) is 4.81. The lowest BCUT2D eigenvalue weighted by Crippen LogP contribution is -2.46. The van der Waals surface area contributed by atoms with Gasteiger partial charge in [-0.2, -0.15) is 0 Å². The van der Waals surface area contributed by atoms with Gasteiger partial charge in [-0.25, -0.2) is 0 Å². The molecule has 0 aliphatic carbocycles. The smallest absolute Gasteiger partial charge is 0.0110 e. The van der Waals surface area contributed by atoms with Crippen LogP contribution in [-0.2, 0) is 0 Å². The number of hydrogen-bond donors (Lipinski definition) is 0. The van der Waals surface area contributed by atoms with Gasteiger partial charge in [-0.1, -0.05) is 20.8 Å². The van der Waals surface area contributed by atoms with Crippen LogP contribution in [0.5, 0.6) is 0 Å². The Kier molecular flexibility index (Phi) is 5.49. The zero-order valence-electron chi connectivity index (χ0n) is 10.1. The van der Waals surface area contributed by atoms with Crippen molar-refractivity contribution < 1.29 is 0 Å². The number of piperazine rings is 1. The van der Waals surface area contributed by atoms with Crippen molar-refractivity contribution in [3.05, 3.63) is 0 Å². The molecule has 2 nitrogen and oxygen atoms in total. The highest BCUT2D eigenvalue weighted by atomic mass is 15.3. The Labute approximate surface area is 89.3 Å². The molecule has 1 aliphatic heterocycles. The molecule has 0 spiro atoms. The van der Waals surface area contributed by atoms with Crippen LogP contribution in [0.4, 0.5) is 0 Å². The second-order valence-corrected chi connectivity index (χ2v) is 4.81. The summed E-state index contributed by atoms with van der Waals surface area (Å²) < 4.78 is 0. The first kappa shape index (κ1) is 12.0. The maximum absolute atomic E-state index is 2.62. The lowest BCUT2D eigenvalue weighted by molar-refractivity contribution is 0.134. The Morgan fingerprint density at radius 2 is 1.57 bits per heavy atom. The van der Waals surface area contributed by atoms with Gasteiger partial charge < -0.3 is 9.80 Å². The lowest BCUT2D eigenvalue weighted by atomic mass is 10.1. The first-order valence-corrected chi connectivity index (χ1v) is 6.17. The van der Waals surface area contributed by atoms with Crippen LogP contribution in [0.25, 0.3) is 0 Å². The summed E-state index contributed by atoms with van der Waals surface area (Å²) >= 11 is 0. The van der Waals surface area contributed by atoms with Crippen molar-refractivity contribution in [2.24, 2.45) is 5.92 Å². The van der Waals surface area contributed by atoms with E-state index in [1.807, 2.05) is 0 Å². The predicted molar refractivity (Wildman–Crippen MR) is 62.6 cm³/mol. The van der Waals surface area contributed by atoms with E-state index in [1.54, 1.807) is 0 Å². The van der Waals surface area contributed by atoms with Gasteiger partial charge in [0.2, 0.25) is 0 Å². The van der Waals surface area contributed by atoms with Gasteiger partial charge in [-0.05, 0) is 31.8 Å². The molecule has 0 N–H and O–H groups in total. The van der Waals surface area contributed by atoms with Crippen LogP contribution < -0.4 is 0 Å². The topological polar surface area (TPSA) is 6.48 Å². The third-order valence-electron chi connectivity index (χ3n) is 3.17. The Morgan fingerprint density at radius 3 is 2.07 bits per heavy atom. The van der Waals surface area contributed by atoms with E-state index >= 15 is 0 Å². The lowest BCUT2D eigenvalue weighted by Gasteiger charge is -2.34. The summed E-state index contributed by atoms with van der Waals surface area (Å²) in [7, 11) is 0. The van der Waals surface area contributed by atoms with E-state index in [0.717, 1.165) is 5.92 Å². The van der Waals surface area contributed by atoms with Gasteiger partial charge in [-0.15, -0.1) is 0 Å². The summed E-state index contributed by atoms with van der Waals surface area (Å²) in [5, 5.41) is 0. The molecular formula is C12H26N2. The van der Waals surface area contributed by atoms with Crippen LogP contribution in [0.1, 0.15) is 33.6 Å². The van der Waals surface area contributed by atoms with Gasteiger partial charge in [0.05, 0.1) is 0 Å². The average molecular weight is 198 g/mol. The minimum atomic E-state index is 0.868. The molecule has 0 amide bonds. The molecule has 1 fully saturated rings. The maximum Gasteiger partial charge on any atom is 0.0110 e. The van der Waals surface area contributed by atoms with Crippen LogP contribution in [0.2, 0.25) is 0 Å². The molecule has 84 valence electrons. The fraction of sp³-hybridized carbons (Fsp3) is 1.00. The van der Waals surface area contributed by atoms with Crippen molar-refractivity contribution in [1.29, 1.82) is 0 Å². The Bertz CT molecular complexity index is 137. The van der Waals surface area contributed by atoms with Gasteiger partial charge in [-0.3, -0.25) is 0 Å². The standard InChI is InChI=1S/C12H26N2/c1-4-13-8-10-14(11-9-13)7-5-6-12(2)3/h12H,4-11H2,1-3H3. The molecule has 0 atom stereocenters.